The zero-order chi connectivity index (χ0) is 26.7. The molecule has 0 bridgehead atoms. The van der Waals surface area contributed by atoms with E-state index in [2.05, 4.69) is 126 Å². The first-order valence-corrected chi connectivity index (χ1v) is 15.6. The van der Waals surface area contributed by atoms with E-state index in [0.29, 0.717) is 0 Å². The minimum absolute atomic E-state index is 1.19. The van der Waals surface area contributed by atoms with Gasteiger partial charge in [-0.15, -0.1) is 22.7 Å². The first-order chi connectivity index (χ1) is 20.3. The lowest BCUT2D eigenvalue weighted by atomic mass is 9.96. The zero-order valence-corrected chi connectivity index (χ0v) is 23.5. The highest BCUT2D eigenvalue weighted by atomic mass is 32.1. The van der Waals surface area contributed by atoms with Gasteiger partial charge in [0.1, 0.15) is 0 Å². The van der Waals surface area contributed by atoms with Gasteiger partial charge in [-0.05, 0) is 69.1 Å². The summed E-state index contributed by atoms with van der Waals surface area (Å²) in [4.78, 5) is 3.83. The van der Waals surface area contributed by atoms with E-state index in [4.69, 9.17) is 0 Å². The number of aromatic nitrogens is 1. The Morgan fingerprint density at radius 1 is 0.415 bits per heavy atom. The highest BCUT2D eigenvalue weighted by Gasteiger charge is 2.18. The van der Waals surface area contributed by atoms with E-state index in [1.165, 1.54) is 94.8 Å². The van der Waals surface area contributed by atoms with E-state index in [1.54, 1.807) is 0 Å². The molecular formula is C38H21NS2. The van der Waals surface area contributed by atoms with Crippen LogP contribution < -0.4 is 0 Å². The number of thiophene rings is 2. The SMILES string of the molecule is c1ccc2c(c1)ccc1sc3ccc(-c4ccc5[nH]c6c7sc8ccccc8c7c7ccccc7c6c5c4)cc3c12. The number of aromatic amines is 1. The zero-order valence-electron chi connectivity index (χ0n) is 21.9. The molecule has 41 heavy (non-hydrogen) atoms. The third-order valence-electron chi connectivity index (χ3n) is 8.78. The van der Waals surface area contributed by atoms with Crippen LogP contribution in [0.3, 0.4) is 0 Å². The van der Waals surface area contributed by atoms with Gasteiger partial charge in [-0.1, -0.05) is 84.9 Å². The fraction of sp³-hybridized carbons (Fsp3) is 0. The molecule has 0 saturated carbocycles. The van der Waals surface area contributed by atoms with E-state index < -0.39 is 0 Å². The lowest BCUT2D eigenvalue weighted by Crippen LogP contribution is -1.80. The summed E-state index contributed by atoms with van der Waals surface area (Å²) in [7, 11) is 0. The van der Waals surface area contributed by atoms with Crippen LogP contribution >= 0.6 is 22.7 Å². The van der Waals surface area contributed by atoms with Gasteiger partial charge in [0.2, 0.25) is 0 Å². The molecule has 3 heteroatoms. The Hall–Kier alpha value is -4.70. The molecule has 0 atom stereocenters. The van der Waals surface area contributed by atoms with Crippen molar-refractivity contribution in [1.82, 2.24) is 4.98 Å². The number of H-pyrrole nitrogens is 1. The Kier molecular flexibility index (Phi) is 4.27. The van der Waals surface area contributed by atoms with Crippen LogP contribution in [0.1, 0.15) is 0 Å². The minimum atomic E-state index is 1.19. The Balaban J connectivity index is 1.28. The maximum Gasteiger partial charge on any atom is 0.0653 e. The molecule has 190 valence electrons. The van der Waals surface area contributed by atoms with E-state index in [1.807, 2.05) is 22.7 Å². The summed E-state index contributed by atoms with van der Waals surface area (Å²) in [6, 6.07) is 44.9. The molecule has 1 nitrogen and oxygen atoms in total. The van der Waals surface area contributed by atoms with Crippen LogP contribution in [0, 0.1) is 0 Å². The molecule has 1 N–H and O–H groups in total. The average Bonchev–Trinajstić information content (AvgIpc) is 3.72. The summed E-state index contributed by atoms with van der Waals surface area (Å²) in [5.74, 6) is 0. The van der Waals surface area contributed by atoms with Crippen LogP contribution in [0.2, 0.25) is 0 Å². The standard InChI is InChI=1S/C38H21NS2/c1-2-8-24-21(7-1)14-18-33-34(24)29-20-23(15-17-32(29)40-33)22-13-16-30-28(19-22)35-25-9-3-4-10-26(25)36-27-11-5-6-12-31(27)41-38(36)37(35)39-30/h1-20,39H. The predicted octanol–water partition coefficient (Wildman–Crippen LogP) is 12.0. The first kappa shape index (κ1) is 22.0. The maximum absolute atomic E-state index is 3.83. The predicted molar refractivity (Wildman–Crippen MR) is 182 cm³/mol. The number of nitrogens with one attached hydrogen (secondary N) is 1. The molecular weight excluding hydrogens is 535 g/mol. The molecule has 0 aliphatic rings. The van der Waals surface area contributed by atoms with Crippen LogP contribution in [0.5, 0.6) is 0 Å². The number of hydrogen-bond donors (Lipinski definition) is 1. The van der Waals surface area contributed by atoms with Gasteiger partial charge >= 0.3 is 0 Å². The van der Waals surface area contributed by atoms with Gasteiger partial charge in [0, 0.05) is 51.9 Å². The number of fused-ring (bicyclic) bond motifs is 15. The summed E-state index contributed by atoms with van der Waals surface area (Å²) in [6.45, 7) is 0. The van der Waals surface area contributed by atoms with Crippen LogP contribution in [0.4, 0.5) is 0 Å². The monoisotopic (exact) mass is 555 g/mol. The van der Waals surface area contributed by atoms with Crippen molar-refractivity contribution in [2.24, 2.45) is 0 Å². The number of hydrogen-bond acceptors (Lipinski definition) is 2. The van der Waals surface area contributed by atoms with Crippen molar-refractivity contribution in [1.29, 1.82) is 0 Å². The van der Waals surface area contributed by atoms with Gasteiger partial charge in [0.05, 0.1) is 10.2 Å². The molecule has 0 unspecified atom stereocenters. The smallest absolute Gasteiger partial charge is 0.0653 e. The second-order valence-electron chi connectivity index (χ2n) is 11.0. The Labute approximate surface area is 242 Å². The summed E-state index contributed by atoms with van der Waals surface area (Å²) < 4.78 is 5.37. The first-order valence-electron chi connectivity index (χ1n) is 13.9. The molecule has 0 radical (unpaired) electrons. The van der Waals surface area contributed by atoms with Crippen molar-refractivity contribution in [3.8, 4) is 11.1 Å². The highest BCUT2D eigenvalue weighted by molar-refractivity contribution is 7.27. The number of benzene rings is 7. The molecule has 0 amide bonds. The van der Waals surface area contributed by atoms with Crippen molar-refractivity contribution in [3.05, 3.63) is 121 Å². The molecule has 0 saturated heterocycles. The minimum Gasteiger partial charge on any atom is -0.353 e. The molecule has 10 aromatic rings. The molecule has 3 aromatic heterocycles. The van der Waals surface area contributed by atoms with Gasteiger partial charge in [-0.3, -0.25) is 0 Å². The lowest BCUT2D eigenvalue weighted by Gasteiger charge is -2.06. The van der Waals surface area contributed by atoms with Crippen molar-refractivity contribution in [2.45, 2.75) is 0 Å². The van der Waals surface area contributed by atoms with Crippen LogP contribution in [-0.4, -0.2) is 4.98 Å². The van der Waals surface area contributed by atoms with E-state index in [0.717, 1.165) is 0 Å². The number of rotatable bonds is 1. The third kappa shape index (κ3) is 2.94. The highest BCUT2D eigenvalue weighted by Crippen LogP contribution is 2.46. The largest absolute Gasteiger partial charge is 0.353 e. The second kappa shape index (κ2) is 7.94. The third-order valence-corrected chi connectivity index (χ3v) is 11.1. The van der Waals surface area contributed by atoms with E-state index in [-0.39, 0.29) is 0 Å². The summed E-state index contributed by atoms with van der Waals surface area (Å²) in [6.07, 6.45) is 0. The Bertz CT molecular complexity index is 2700. The van der Waals surface area contributed by atoms with Gasteiger partial charge < -0.3 is 4.98 Å². The quantitative estimate of drug-likeness (QED) is 0.207. The fourth-order valence-electron chi connectivity index (χ4n) is 6.96. The average molecular weight is 556 g/mol. The molecule has 0 aliphatic heterocycles. The molecule has 0 spiro atoms. The van der Waals surface area contributed by atoms with E-state index >= 15 is 0 Å². The van der Waals surface area contributed by atoms with Gasteiger partial charge in [0.15, 0.2) is 0 Å². The molecule has 0 aliphatic carbocycles. The molecule has 3 heterocycles. The van der Waals surface area contributed by atoms with Gasteiger partial charge in [-0.2, -0.15) is 0 Å². The van der Waals surface area contributed by atoms with Crippen molar-refractivity contribution in [3.63, 3.8) is 0 Å². The molecule has 0 fully saturated rings. The van der Waals surface area contributed by atoms with Crippen molar-refractivity contribution >= 4 is 106 Å². The van der Waals surface area contributed by atoms with Crippen LogP contribution in [-0.2, 0) is 0 Å². The lowest BCUT2D eigenvalue weighted by molar-refractivity contribution is 1.57. The topological polar surface area (TPSA) is 15.8 Å². The maximum atomic E-state index is 3.83. The van der Waals surface area contributed by atoms with E-state index in [9.17, 15) is 0 Å². The summed E-state index contributed by atoms with van der Waals surface area (Å²) in [5, 5.41) is 13.3. The van der Waals surface area contributed by atoms with Crippen LogP contribution in [0.25, 0.3) is 94.8 Å². The summed E-state index contributed by atoms with van der Waals surface area (Å²) in [5.41, 5.74) is 4.94. The Morgan fingerprint density at radius 3 is 1.95 bits per heavy atom. The fourth-order valence-corrected chi connectivity index (χ4v) is 9.28. The Morgan fingerprint density at radius 2 is 1.07 bits per heavy atom. The van der Waals surface area contributed by atoms with Gasteiger partial charge in [-0.25, -0.2) is 0 Å². The summed E-state index contributed by atoms with van der Waals surface area (Å²) >= 11 is 3.78. The van der Waals surface area contributed by atoms with Crippen molar-refractivity contribution in [2.75, 3.05) is 0 Å². The second-order valence-corrected chi connectivity index (χ2v) is 13.1. The van der Waals surface area contributed by atoms with Crippen molar-refractivity contribution < 1.29 is 0 Å². The molecule has 7 aromatic carbocycles. The van der Waals surface area contributed by atoms with Gasteiger partial charge in [0.25, 0.3) is 0 Å². The van der Waals surface area contributed by atoms with Crippen LogP contribution in [0.15, 0.2) is 121 Å². The normalized spacial score (nSPS) is 12.4. The molecule has 10 rings (SSSR count).